The van der Waals surface area contributed by atoms with Crippen molar-refractivity contribution in [1.82, 2.24) is 9.71 Å². The van der Waals surface area contributed by atoms with Gasteiger partial charge >= 0.3 is 0 Å². The maximum atomic E-state index is 12.3. The first-order chi connectivity index (χ1) is 9.92. The first-order valence-corrected chi connectivity index (χ1v) is 8.40. The Kier molecular flexibility index (Phi) is 4.94. The number of hydrazine groups is 1. The van der Waals surface area contributed by atoms with Crippen molar-refractivity contribution in [2.45, 2.75) is 17.9 Å². The maximum Gasteiger partial charge on any atom is 0.242 e. The van der Waals surface area contributed by atoms with Crippen LogP contribution in [0.2, 0.25) is 0 Å². The topological polar surface area (TPSA) is 97.1 Å². The summed E-state index contributed by atoms with van der Waals surface area (Å²) in [4.78, 5) is 3.98. The van der Waals surface area contributed by atoms with Crippen LogP contribution in [0.5, 0.6) is 0 Å². The SMILES string of the molecule is CC(NS(=O)(=O)c1ccc(NN)nc1)c1ccc(Br)cc1. The summed E-state index contributed by atoms with van der Waals surface area (Å²) in [7, 11) is -3.64. The van der Waals surface area contributed by atoms with Crippen LogP contribution in [0, 0.1) is 0 Å². The van der Waals surface area contributed by atoms with Crippen LogP contribution in [0.25, 0.3) is 0 Å². The first kappa shape index (κ1) is 15.9. The number of anilines is 1. The van der Waals surface area contributed by atoms with E-state index in [1.807, 2.05) is 24.3 Å². The van der Waals surface area contributed by atoms with Gasteiger partial charge in [0.05, 0.1) is 0 Å². The largest absolute Gasteiger partial charge is 0.308 e. The van der Waals surface area contributed by atoms with Crippen LogP contribution in [0.15, 0.2) is 52.0 Å². The molecule has 0 radical (unpaired) electrons. The quantitative estimate of drug-likeness (QED) is 0.553. The third-order valence-corrected chi connectivity index (χ3v) is 4.95. The minimum atomic E-state index is -3.64. The lowest BCUT2D eigenvalue weighted by molar-refractivity contribution is 0.566. The average Bonchev–Trinajstić information content (AvgIpc) is 2.47. The van der Waals surface area contributed by atoms with Crippen LogP contribution in [-0.2, 0) is 10.0 Å². The monoisotopic (exact) mass is 370 g/mol. The number of nitrogen functional groups attached to an aromatic ring is 1. The Hall–Kier alpha value is -1.48. The predicted molar refractivity (Wildman–Crippen MR) is 84.9 cm³/mol. The van der Waals surface area contributed by atoms with E-state index in [0.29, 0.717) is 5.82 Å². The molecule has 1 heterocycles. The molecule has 0 aliphatic heterocycles. The number of sulfonamides is 1. The minimum absolute atomic E-state index is 0.0884. The van der Waals surface area contributed by atoms with Gasteiger partial charge in [0, 0.05) is 16.7 Å². The molecule has 8 heteroatoms. The fraction of sp³-hybridized carbons (Fsp3) is 0.154. The van der Waals surface area contributed by atoms with E-state index < -0.39 is 10.0 Å². The van der Waals surface area contributed by atoms with Gasteiger partial charge in [-0.3, -0.25) is 0 Å². The van der Waals surface area contributed by atoms with Gasteiger partial charge in [-0.2, -0.15) is 0 Å². The first-order valence-electron chi connectivity index (χ1n) is 6.13. The van der Waals surface area contributed by atoms with E-state index in [1.54, 1.807) is 6.92 Å². The van der Waals surface area contributed by atoms with Crippen LogP contribution in [0.3, 0.4) is 0 Å². The summed E-state index contributed by atoms with van der Waals surface area (Å²) in [5, 5.41) is 0. The molecular weight excluding hydrogens is 356 g/mol. The molecule has 6 nitrogen and oxygen atoms in total. The van der Waals surface area contributed by atoms with E-state index in [-0.39, 0.29) is 10.9 Å². The van der Waals surface area contributed by atoms with Gasteiger partial charge in [0.1, 0.15) is 10.7 Å². The summed E-state index contributed by atoms with van der Waals surface area (Å²) in [5.41, 5.74) is 3.22. The zero-order valence-electron chi connectivity index (χ0n) is 11.2. The van der Waals surface area contributed by atoms with Crippen molar-refractivity contribution in [2.75, 3.05) is 5.43 Å². The second-order valence-corrected chi connectivity index (χ2v) is 7.05. The van der Waals surface area contributed by atoms with Crippen molar-refractivity contribution in [1.29, 1.82) is 0 Å². The number of hydrogen-bond acceptors (Lipinski definition) is 5. The van der Waals surface area contributed by atoms with Crippen molar-refractivity contribution in [3.05, 3.63) is 52.6 Å². The standard InChI is InChI=1S/C13H15BrN4O2S/c1-9(10-2-4-11(14)5-3-10)18-21(19,20)12-6-7-13(17-15)16-8-12/h2-9,18H,15H2,1H3,(H,16,17). The molecule has 2 rings (SSSR count). The molecule has 1 unspecified atom stereocenters. The summed E-state index contributed by atoms with van der Waals surface area (Å²) >= 11 is 3.34. The lowest BCUT2D eigenvalue weighted by Gasteiger charge is -2.14. The summed E-state index contributed by atoms with van der Waals surface area (Å²) in [6.45, 7) is 1.78. The summed E-state index contributed by atoms with van der Waals surface area (Å²) < 4.78 is 28.1. The Morgan fingerprint density at radius 1 is 1.19 bits per heavy atom. The summed E-state index contributed by atoms with van der Waals surface area (Å²) in [5.74, 6) is 5.59. The van der Waals surface area contributed by atoms with E-state index in [4.69, 9.17) is 5.84 Å². The zero-order valence-corrected chi connectivity index (χ0v) is 13.6. The van der Waals surface area contributed by atoms with Gasteiger partial charge in [-0.15, -0.1) is 0 Å². The number of nitrogens with one attached hydrogen (secondary N) is 2. The molecule has 112 valence electrons. The highest BCUT2D eigenvalue weighted by Gasteiger charge is 2.18. The number of halogens is 1. The maximum absolute atomic E-state index is 12.3. The minimum Gasteiger partial charge on any atom is -0.308 e. The highest BCUT2D eigenvalue weighted by molar-refractivity contribution is 9.10. The fourth-order valence-electron chi connectivity index (χ4n) is 1.74. The molecule has 0 aliphatic rings. The molecule has 0 amide bonds. The smallest absolute Gasteiger partial charge is 0.242 e. The average molecular weight is 371 g/mol. The highest BCUT2D eigenvalue weighted by atomic mass is 79.9. The van der Waals surface area contributed by atoms with Gasteiger partial charge in [-0.05, 0) is 36.8 Å². The van der Waals surface area contributed by atoms with Crippen LogP contribution in [0.4, 0.5) is 5.82 Å². The zero-order chi connectivity index (χ0) is 15.5. The normalized spacial score (nSPS) is 12.9. The van der Waals surface area contributed by atoms with E-state index in [2.05, 4.69) is 31.1 Å². The summed E-state index contributed by atoms with van der Waals surface area (Å²) in [6, 6.07) is 10.0. The third-order valence-electron chi connectivity index (χ3n) is 2.90. The lowest BCUT2D eigenvalue weighted by Crippen LogP contribution is -2.27. The van der Waals surface area contributed by atoms with Crippen molar-refractivity contribution in [3.63, 3.8) is 0 Å². The van der Waals surface area contributed by atoms with E-state index in [1.165, 1.54) is 18.3 Å². The van der Waals surface area contributed by atoms with Gasteiger partial charge in [0.15, 0.2) is 0 Å². The Morgan fingerprint density at radius 3 is 2.38 bits per heavy atom. The van der Waals surface area contributed by atoms with Crippen LogP contribution >= 0.6 is 15.9 Å². The third kappa shape index (κ3) is 4.01. The number of rotatable bonds is 5. The highest BCUT2D eigenvalue weighted by Crippen LogP contribution is 2.19. The van der Waals surface area contributed by atoms with Gasteiger partial charge in [-0.25, -0.2) is 24.0 Å². The molecule has 0 spiro atoms. The van der Waals surface area contributed by atoms with Gasteiger partial charge < -0.3 is 5.43 Å². The predicted octanol–water partition coefficient (Wildman–Crippen LogP) is 2.17. The molecule has 1 aromatic heterocycles. The van der Waals surface area contributed by atoms with Gasteiger partial charge in [-0.1, -0.05) is 28.1 Å². The number of aromatic nitrogens is 1. The van der Waals surface area contributed by atoms with E-state index in [0.717, 1.165) is 10.0 Å². The molecule has 0 saturated heterocycles. The number of nitrogens with two attached hydrogens (primary N) is 1. The Bertz CT molecular complexity index is 702. The van der Waals surface area contributed by atoms with Crippen molar-refractivity contribution in [3.8, 4) is 0 Å². The van der Waals surface area contributed by atoms with Crippen molar-refractivity contribution in [2.24, 2.45) is 5.84 Å². The molecule has 1 aromatic carbocycles. The van der Waals surface area contributed by atoms with Crippen LogP contribution < -0.4 is 16.0 Å². The molecule has 2 aromatic rings. The van der Waals surface area contributed by atoms with E-state index in [9.17, 15) is 8.42 Å². The number of hydrogen-bond donors (Lipinski definition) is 3. The number of benzene rings is 1. The summed E-state index contributed by atoms with van der Waals surface area (Å²) in [6.07, 6.45) is 1.26. The Labute approximate surface area is 131 Å². The fourth-order valence-corrected chi connectivity index (χ4v) is 3.19. The molecule has 4 N–H and O–H groups in total. The molecule has 0 aliphatic carbocycles. The van der Waals surface area contributed by atoms with Crippen LogP contribution in [0.1, 0.15) is 18.5 Å². The van der Waals surface area contributed by atoms with Crippen LogP contribution in [-0.4, -0.2) is 13.4 Å². The number of nitrogens with zero attached hydrogens (tertiary/aromatic N) is 1. The molecule has 0 fully saturated rings. The van der Waals surface area contributed by atoms with Gasteiger partial charge in [0.2, 0.25) is 10.0 Å². The molecule has 1 atom stereocenters. The Morgan fingerprint density at radius 2 is 1.86 bits per heavy atom. The van der Waals surface area contributed by atoms with Gasteiger partial charge in [0.25, 0.3) is 0 Å². The second-order valence-electron chi connectivity index (χ2n) is 4.42. The molecular formula is C13H15BrN4O2S. The second kappa shape index (κ2) is 6.52. The number of pyridine rings is 1. The van der Waals surface area contributed by atoms with E-state index >= 15 is 0 Å². The molecule has 21 heavy (non-hydrogen) atoms. The molecule has 0 bridgehead atoms. The lowest BCUT2D eigenvalue weighted by atomic mass is 10.1. The van der Waals surface area contributed by atoms with Crippen molar-refractivity contribution >= 4 is 31.8 Å². The van der Waals surface area contributed by atoms with Crippen molar-refractivity contribution < 1.29 is 8.42 Å². The molecule has 0 saturated carbocycles. The Balaban J connectivity index is 2.17.